The van der Waals surface area contributed by atoms with Crippen LogP contribution >= 0.6 is 0 Å². The van der Waals surface area contributed by atoms with Crippen LogP contribution in [-0.2, 0) is 4.79 Å². The SMILES string of the molecule is CC1(C)CC(=O)C1=C(c1ccccc1)c1ccccc1. The van der Waals surface area contributed by atoms with Gasteiger partial charge in [0.1, 0.15) is 0 Å². The fraction of sp³-hybridized carbons (Fsp3) is 0.211. The Morgan fingerprint density at radius 1 is 0.850 bits per heavy atom. The van der Waals surface area contributed by atoms with E-state index in [1.54, 1.807) is 0 Å². The van der Waals surface area contributed by atoms with E-state index in [-0.39, 0.29) is 11.2 Å². The van der Waals surface area contributed by atoms with Crippen LogP contribution in [0.25, 0.3) is 5.57 Å². The third-order valence-corrected chi connectivity index (χ3v) is 3.93. The first-order valence-electron chi connectivity index (χ1n) is 6.98. The summed E-state index contributed by atoms with van der Waals surface area (Å²) in [6.07, 6.45) is 0.644. The van der Waals surface area contributed by atoms with Crippen LogP contribution in [0.3, 0.4) is 0 Å². The molecule has 0 saturated heterocycles. The third-order valence-electron chi connectivity index (χ3n) is 3.93. The lowest BCUT2D eigenvalue weighted by Crippen LogP contribution is -2.37. The van der Waals surface area contributed by atoms with Gasteiger partial charge in [-0.15, -0.1) is 0 Å². The molecule has 0 aliphatic heterocycles. The van der Waals surface area contributed by atoms with Crippen LogP contribution in [0.5, 0.6) is 0 Å². The Kier molecular flexibility index (Phi) is 3.06. The highest BCUT2D eigenvalue weighted by Crippen LogP contribution is 2.47. The van der Waals surface area contributed by atoms with Gasteiger partial charge in [-0.1, -0.05) is 74.5 Å². The van der Waals surface area contributed by atoms with Crippen LogP contribution in [0.2, 0.25) is 0 Å². The summed E-state index contributed by atoms with van der Waals surface area (Å²) in [6.45, 7) is 4.30. The number of hydrogen-bond donors (Lipinski definition) is 0. The molecule has 0 spiro atoms. The molecule has 1 aliphatic rings. The number of benzene rings is 2. The van der Waals surface area contributed by atoms with Crippen molar-refractivity contribution < 1.29 is 4.79 Å². The number of hydrogen-bond acceptors (Lipinski definition) is 1. The van der Waals surface area contributed by atoms with E-state index in [4.69, 9.17) is 0 Å². The highest BCUT2D eigenvalue weighted by molar-refractivity contribution is 6.12. The zero-order chi connectivity index (χ0) is 14.2. The van der Waals surface area contributed by atoms with Crippen LogP contribution in [-0.4, -0.2) is 5.78 Å². The summed E-state index contributed by atoms with van der Waals surface area (Å²) < 4.78 is 0. The Hall–Kier alpha value is -2.15. The van der Waals surface area contributed by atoms with Crippen molar-refractivity contribution in [3.8, 4) is 0 Å². The van der Waals surface area contributed by atoms with E-state index in [2.05, 4.69) is 38.1 Å². The van der Waals surface area contributed by atoms with Crippen molar-refractivity contribution in [1.29, 1.82) is 0 Å². The van der Waals surface area contributed by atoms with Crippen LogP contribution in [0.4, 0.5) is 0 Å². The van der Waals surface area contributed by atoms with Gasteiger partial charge in [0.15, 0.2) is 5.78 Å². The van der Waals surface area contributed by atoms with Crippen molar-refractivity contribution >= 4 is 11.4 Å². The first-order valence-corrected chi connectivity index (χ1v) is 6.98. The Morgan fingerprint density at radius 2 is 1.30 bits per heavy atom. The van der Waals surface area contributed by atoms with Crippen LogP contribution in [0.1, 0.15) is 31.4 Å². The Bertz CT molecular complexity index is 622. The summed E-state index contributed by atoms with van der Waals surface area (Å²) in [5.41, 5.74) is 4.27. The predicted octanol–water partition coefficient (Wildman–Crippen LogP) is 4.49. The van der Waals surface area contributed by atoms with Gasteiger partial charge in [-0.2, -0.15) is 0 Å². The molecule has 3 rings (SSSR count). The molecule has 1 nitrogen and oxygen atoms in total. The lowest BCUT2D eigenvalue weighted by Gasteiger charge is -2.39. The number of ketones is 1. The number of rotatable bonds is 2. The van der Waals surface area contributed by atoms with E-state index in [0.717, 1.165) is 22.3 Å². The van der Waals surface area contributed by atoms with Crippen molar-refractivity contribution in [1.82, 2.24) is 0 Å². The van der Waals surface area contributed by atoms with Crippen molar-refractivity contribution in [2.24, 2.45) is 5.41 Å². The van der Waals surface area contributed by atoms with E-state index in [9.17, 15) is 4.79 Å². The maximum Gasteiger partial charge on any atom is 0.160 e. The molecule has 0 amide bonds. The molecule has 0 N–H and O–H groups in total. The molecule has 0 heterocycles. The molecular formula is C19H18O. The molecule has 2 aromatic rings. The molecule has 2 aromatic carbocycles. The Morgan fingerprint density at radius 3 is 1.65 bits per heavy atom. The lowest BCUT2D eigenvalue weighted by atomic mass is 9.63. The van der Waals surface area contributed by atoms with Gasteiger partial charge in [-0.05, 0) is 16.7 Å². The quantitative estimate of drug-likeness (QED) is 0.729. The molecule has 0 aromatic heterocycles. The second-order valence-electron chi connectivity index (χ2n) is 5.97. The van der Waals surface area contributed by atoms with Gasteiger partial charge in [0.2, 0.25) is 0 Å². The van der Waals surface area contributed by atoms with Gasteiger partial charge in [0.05, 0.1) is 0 Å². The standard InChI is InChI=1S/C19H18O/c1-19(2)13-16(20)18(19)17(14-9-5-3-6-10-14)15-11-7-4-8-12-15/h3-12H,13H2,1-2H3. The summed E-state index contributed by atoms with van der Waals surface area (Å²) >= 11 is 0. The van der Waals surface area contributed by atoms with Crippen LogP contribution in [0, 0.1) is 5.41 Å². The van der Waals surface area contributed by atoms with Crippen LogP contribution in [0.15, 0.2) is 66.2 Å². The Labute approximate surface area is 120 Å². The summed E-state index contributed by atoms with van der Waals surface area (Å²) in [6, 6.07) is 20.4. The number of carbonyl (C=O) groups excluding carboxylic acids is 1. The molecule has 1 fully saturated rings. The maximum absolute atomic E-state index is 12.2. The summed E-state index contributed by atoms with van der Waals surface area (Å²) in [7, 11) is 0. The minimum atomic E-state index is -0.0297. The maximum atomic E-state index is 12.2. The zero-order valence-corrected chi connectivity index (χ0v) is 11.9. The molecule has 1 heteroatoms. The van der Waals surface area contributed by atoms with Crippen LogP contribution < -0.4 is 0 Å². The molecular weight excluding hydrogens is 244 g/mol. The molecule has 0 atom stereocenters. The second-order valence-corrected chi connectivity index (χ2v) is 5.97. The van der Waals surface area contributed by atoms with Gasteiger partial charge in [0.25, 0.3) is 0 Å². The molecule has 0 radical (unpaired) electrons. The molecule has 1 saturated carbocycles. The van der Waals surface area contributed by atoms with Gasteiger partial charge < -0.3 is 0 Å². The average molecular weight is 262 g/mol. The van der Waals surface area contributed by atoms with Crippen molar-refractivity contribution in [3.05, 3.63) is 77.4 Å². The minimum Gasteiger partial charge on any atom is -0.294 e. The molecule has 0 unspecified atom stereocenters. The van der Waals surface area contributed by atoms with Gasteiger partial charge in [-0.25, -0.2) is 0 Å². The molecule has 20 heavy (non-hydrogen) atoms. The third kappa shape index (κ3) is 2.09. The van der Waals surface area contributed by atoms with E-state index in [0.29, 0.717) is 6.42 Å². The fourth-order valence-corrected chi connectivity index (χ4v) is 2.99. The topological polar surface area (TPSA) is 17.1 Å². The lowest BCUT2D eigenvalue weighted by molar-refractivity contribution is -0.123. The normalized spacial score (nSPS) is 16.7. The van der Waals surface area contributed by atoms with Crippen molar-refractivity contribution in [2.75, 3.05) is 0 Å². The monoisotopic (exact) mass is 262 g/mol. The summed E-state index contributed by atoms with van der Waals surface area (Å²) in [4.78, 5) is 12.2. The fourth-order valence-electron chi connectivity index (χ4n) is 2.99. The van der Waals surface area contributed by atoms with Crippen molar-refractivity contribution in [3.63, 3.8) is 0 Å². The average Bonchev–Trinajstić information content (AvgIpc) is 2.46. The smallest absolute Gasteiger partial charge is 0.160 e. The van der Waals surface area contributed by atoms with Gasteiger partial charge in [0, 0.05) is 17.4 Å². The number of allylic oxidation sites excluding steroid dienone is 1. The number of Topliss-reactive ketones (excluding diaryl/α,β-unsaturated/α-hetero) is 1. The molecule has 100 valence electrons. The largest absolute Gasteiger partial charge is 0.294 e. The Balaban J connectivity index is 2.26. The molecule has 1 aliphatic carbocycles. The predicted molar refractivity (Wildman–Crippen MR) is 82.3 cm³/mol. The van der Waals surface area contributed by atoms with E-state index in [1.165, 1.54) is 0 Å². The first-order chi connectivity index (χ1) is 9.59. The number of carbonyl (C=O) groups is 1. The van der Waals surface area contributed by atoms with Gasteiger partial charge in [-0.3, -0.25) is 4.79 Å². The highest BCUT2D eigenvalue weighted by Gasteiger charge is 2.43. The minimum absolute atomic E-state index is 0.0297. The zero-order valence-electron chi connectivity index (χ0n) is 11.9. The highest BCUT2D eigenvalue weighted by atomic mass is 16.1. The summed E-state index contributed by atoms with van der Waals surface area (Å²) in [5, 5.41) is 0. The molecule has 0 bridgehead atoms. The second kappa shape index (κ2) is 4.75. The first kappa shape index (κ1) is 12.9. The summed E-state index contributed by atoms with van der Waals surface area (Å²) in [5.74, 6) is 0.276. The van der Waals surface area contributed by atoms with E-state index < -0.39 is 0 Å². The van der Waals surface area contributed by atoms with E-state index >= 15 is 0 Å². The van der Waals surface area contributed by atoms with Crippen molar-refractivity contribution in [2.45, 2.75) is 20.3 Å². The van der Waals surface area contributed by atoms with E-state index in [1.807, 2.05) is 36.4 Å². The van der Waals surface area contributed by atoms with Gasteiger partial charge >= 0.3 is 0 Å².